The predicted octanol–water partition coefficient (Wildman–Crippen LogP) is 2.85. The number of halogens is 2. The van der Waals surface area contributed by atoms with E-state index >= 15 is 0 Å². The molecule has 2 rings (SSSR count). The zero-order chi connectivity index (χ0) is 13.7. The van der Waals surface area contributed by atoms with E-state index in [1.807, 2.05) is 12.1 Å². The summed E-state index contributed by atoms with van der Waals surface area (Å²) in [6, 6.07) is 5.05. The van der Waals surface area contributed by atoms with E-state index in [9.17, 15) is 10.2 Å². The fourth-order valence-corrected chi connectivity index (χ4v) is 2.62. The summed E-state index contributed by atoms with van der Waals surface area (Å²) in [7, 11) is 0. The zero-order valence-corrected chi connectivity index (χ0v) is 13.6. The maximum Gasteiger partial charge on any atom is 0.124 e. The van der Waals surface area contributed by atoms with Gasteiger partial charge in [-0.1, -0.05) is 12.1 Å². The van der Waals surface area contributed by atoms with E-state index < -0.39 is 0 Å². The van der Waals surface area contributed by atoms with Gasteiger partial charge in [0, 0.05) is 43.9 Å². The number of rotatable bonds is 5. The highest BCUT2D eigenvalue weighted by Gasteiger charge is 2.23. The Morgan fingerprint density at radius 1 is 1.24 bits per heavy atom. The van der Waals surface area contributed by atoms with Gasteiger partial charge in [0.05, 0.1) is 0 Å². The first-order valence-electron chi connectivity index (χ1n) is 6.80. The molecule has 4 nitrogen and oxygen atoms in total. The van der Waals surface area contributed by atoms with Crippen molar-refractivity contribution in [1.29, 1.82) is 0 Å². The van der Waals surface area contributed by atoms with Crippen LogP contribution >= 0.6 is 24.8 Å². The monoisotopic (exact) mass is 334 g/mol. The third-order valence-electron chi connectivity index (χ3n) is 3.61. The minimum Gasteiger partial charge on any atom is -0.508 e. The molecule has 0 amide bonds. The summed E-state index contributed by atoms with van der Waals surface area (Å²) in [6.07, 6.45) is 3.75. The van der Waals surface area contributed by atoms with E-state index in [2.05, 4.69) is 16.8 Å². The molecule has 1 heterocycles. The Balaban J connectivity index is 0.00000200. The van der Waals surface area contributed by atoms with Crippen molar-refractivity contribution >= 4 is 24.8 Å². The number of phenolic OH excluding ortho intramolecular Hbond substituents is 2. The maximum atomic E-state index is 10.1. The number of hydrogen-bond acceptors (Lipinski definition) is 4. The van der Waals surface area contributed by atoms with Gasteiger partial charge in [-0.2, -0.15) is 0 Å². The van der Waals surface area contributed by atoms with Crippen LogP contribution in [0.25, 0.3) is 0 Å². The molecule has 1 fully saturated rings. The molecular formula is C15H24Cl2N2O2. The third kappa shape index (κ3) is 5.40. The van der Waals surface area contributed by atoms with Crippen molar-refractivity contribution in [2.24, 2.45) is 0 Å². The van der Waals surface area contributed by atoms with Gasteiger partial charge >= 0.3 is 0 Å². The average molecular weight is 335 g/mol. The predicted molar refractivity (Wildman–Crippen MR) is 90.9 cm³/mol. The van der Waals surface area contributed by atoms with E-state index in [1.54, 1.807) is 6.07 Å². The molecule has 1 aromatic carbocycles. The van der Waals surface area contributed by atoms with Gasteiger partial charge in [0.1, 0.15) is 11.5 Å². The van der Waals surface area contributed by atoms with Gasteiger partial charge in [0.15, 0.2) is 0 Å². The van der Waals surface area contributed by atoms with Crippen molar-refractivity contribution in [3.63, 3.8) is 0 Å². The van der Waals surface area contributed by atoms with Crippen LogP contribution in [0, 0.1) is 0 Å². The SMILES string of the molecule is C=CCC[C@H](c1ccc(O)cc1O)N1CCNCC1.Cl.Cl. The Hall–Kier alpha value is -0.940. The number of benzene rings is 1. The standard InChI is InChI=1S/C15H22N2O2.2ClH/c1-2-3-4-14(17-9-7-16-8-10-17)13-6-5-12(18)11-15(13)19;;/h2,5-6,11,14,16,18-19H,1,3-4,7-10H2;2*1H/t14-;;/m1../s1. The first kappa shape index (κ1) is 20.1. The van der Waals surface area contributed by atoms with Crippen LogP contribution in [0.2, 0.25) is 0 Å². The summed E-state index contributed by atoms with van der Waals surface area (Å²) in [5, 5.41) is 22.8. The molecule has 1 aliphatic rings. The molecule has 0 unspecified atom stereocenters. The van der Waals surface area contributed by atoms with Gasteiger partial charge < -0.3 is 15.5 Å². The maximum absolute atomic E-state index is 10.1. The fourth-order valence-electron chi connectivity index (χ4n) is 2.62. The van der Waals surface area contributed by atoms with Crippen LogP contribution in [0.4, 0.5) is 0 Å². The largest absolute Gasteiger partial charge is 0.508 e. The Labute approximate surface area is 138 Å². The summed E-state index contributed by atoms with van der Waals surface area (Å²) in [6.45, 7) is 7.67. The molecule has 1 saturated heterocycles. The lowest BCUT2D eigenvalue weighted by Gasteiger charge is -2.35. The number of aromatic hydroxyl groups is 2. The smallest absolute Gasteiger partial charge is 0.124 e. The highest BCUT2D eigenvalue weighted by molar-refractivity contribution is 5.85. The van der Waals surface area contributed by atoms with Gasteiger partial charge in [-0.3, -0.25) is 4.90 Å². The van der Waals surface area contributed by atoms with Gasteiger partial charge in [-0.15, -0.1) is 31.4 Å². The highest BCUT2D eigenvalue weighted by atomic mass is 35.5. The lowest BCUT2D eigenvalue weighted by Crippen LogP contribution is -2.45. The van der Waals surface area contributed by atoms with Gasteiger partial charge in [-0.05, 0) is 18.9 Å². The molecule has 3 N–H and O–H groups in total. The first-order chi connectivity index (χ1) is 9.22. The molecule has 21 heavy (non-hydrogen) atoms. The molecule has 0 aliphatic carbocycles. The van der Waals surface area contributed by atoms with E-state index in [-0.39, 0.29) is 42.4 Å². The van der Waals surface area contributed by atoms with Crippen LogP contribution in [0.5, 0.6) is 11.5 Å². The minimum absolute atomic E-state index is 0. The zero-order valence-electron chi connectivity index (χ0n) is 12.0. The van der Waals surface area contributed by atoms with Crippen molar-refractivity contribution in [3.8, 4) is 11.5 Å². The molecule has 0 spiro atoms. The second-order valence-corrected chi connectivity index (χ2v) is 4.91. The highest BCUT2D eigenvalue weighted by Crippen LogP contribution is 2.34. The van der Waals surface area contributed by atoms with E-state index in [4.69, 9.17) is 0 Å². The topological polar surface area (TPSA) is 55.7 Å². The summed E-state index contributed by atoms with van der Waals surface area (Å²) < 4.78 is 0. The van der Waals surface area contributed by atoms with Crippen LogP contribution < -0.4 is 5.32 Å². The molecule has 0 saturated carbocycles. The number of phenols is 2. The Bertz CT molecular complexity index is 438. The Kier molecular flexibility index (Phi) is 9.46. The molecule has 0 radical (unpaired) electrons. The number of nitrogens with one attached hydrogen (secondary N) is 1. The average Bonchev–Trinajstić information content (AvgIpc) is 2.42. The lowest BCUT2D eigenvalue weighted by atomic mass is 9.98. The molecule has 1 atom stereocenters. The van der Waals surface area contributed by atoms with Crippen molar-refractivity contribution in [3.05, 3.63) is 36.4 Å². The van der Waals surface area contributed by atoms with Gasteiger partial charge in [-0.25, -0.2) is 0 Å². The van der Waals surface area contributed by atoms with Crippen molar-refractivity contribution in [1.82, 2.24) is 10.2 Å². The number of piperazine rings is 1. The first-order valence-corrected chi connectivity index (χ1v) is 6.80. The van der Waals surface area contributed by atoms with E-state index in [0.29, 0.717) is 0 Å². The van der Waals surface area contributed by atoms with Crippen molar-refractivity contribution in [2.75, 3.05) is 26.2 Å². The van der Waals surface area contributed by atoms with Crippen LogP contribution in [-0.2, 0) is 0 Å². The Morgan fingerprint density at radius 3 is 2.48 bits per heavy atom. The Morgan fingerprint density at radius 2 is 1.90 bits per heavy atom. The molecule has 0 aromatic heterocycles. The lowest BCUT2D eigenvalue weighted by molar-refractivity contribution is 0.163. The van der Waals surface area contributed by atoms with Crippen LogP contribution in [0.3, 0.4) is 0 Å². The van der Waals surface area contributed by atoms with Crippen molar-refractivity contribution < 1.29 is 10.2 Å². The molecule has 6 heteroatoms. The van der Waals surface area contributed by atoms with Gasteiger partial charge in [0.25, 0.3) is 0 Å². The normalized spacial score (nSPS) is 16.4. The quantitative estimate of drug-likeness (QED) is 0.725. The number of hydrogen-bond donors (Lipinski definition) is 3. The van der Waals surface area contributed by atoms with Gasteiger partial charge in [0.2, 0.25) is 0 Å². The second-order valence-electron chi connectivity index (χ2n) is 4.91. The summed E-state index contributed by atoms with van der Waals surface area (Å²) in [5.41, 5.74) is 0.890. The molecule has 1 aromatic rings. The van der Waals surface area contributed by atoms with E-state index in [0.717, 1.165) is 44.6 Å². The number of allylic oxidation sites excluding steroid dienone is 1. The third-order valence-corrected chi connectivity index (χ3v) is 3.61. The summed E-state index contributed by atoms with van der Waals surface area (Å²) in [4.78, 5) is 2.38. The number of nitrogens with zero attached hydrogens (tertiary/aromatic N) is 1. The van der Waals surface area contributed by atoms with Crippen LogP contribution in [0.15, 0.2) is 30.9 Å². The van der Waals surface area contributed by atoms with E-state index in [1.165, 1.54) is 6.07 Å². The molecule has 1 aliphatic heterocycles. The summed E-state index contributed by atoms with van der Waals surface area (Å²) >= 11 is 0. The second kappa shape index (κ2) is 9.90. The molecular weight excluding hydrogens is 311 g/mol. The summed E-state index contributed by atoms with van der Waals surface area (Å²) in [5.74, 6) is 0.275. The fraction of sp³-hybridized carbons (Fsp3) is 0.467. The van der Waals surface area contributed by atoms with Crippen LogP contribution in [-0.4, -0.2) is 41.3 Å². The minimum atomic E-state index is 0. The van der Waals surface area contributed by atoms with Crippen molar-refractivity contribution in [2.45, 2.75) is 18.9 Å². The van der Waals surface area contributed by atoms with Crippen LogP contribution in [0.1, 0.15) is 24.4 Å². The molecule has 0 bridgehead atoms. The molecule has 120 valence electrons.